The van der Waals surface area contributed by atoms with Crippen LogP contribution in [0.5, 0.6) is 0 Å². The SMILES string of the molecule is [2H]c1c([2H])c(N(c2ccccc2)c2ccc3c4ccccc4n(-c4ccccc4)c3c2)c([2H])c([2H])c1-c1ccc2cc(N(c3cccc(-c4ccccc4)c3)c3cccc4ccccc34)ccc2c1. The molecule has 0 atom stereocenters. The Hall–Kier alpha value is -8.66. The average Bonchev–Trinajstić information content (AvgIpc) is 3.74. The van der Waals surface area contributed by atoms with Crippen molar-refractivity contribution in [3.8, 4) is 27.9 Å². The maximum Gasteiger partial charge on any atom is 0.0645 e. The van der Waals surface area contributed by atoms with Gasteiger partial charge in [-0.25, -0.2) is 0 Å². The second-order valence-electron chi connectivity index (χ2n) is 16.3. The van der Waals surface area contributed by atoms with Crippen molar-refractivity contribution in [3.63, 3.8) is 0 Å². The Balaban J connectivity index is 0.971. The lowest BCUT2D eigenvalue weighted by Crippen LogP contribution is -2.10. The quantitative estimate of drug-likeness (QED) is 0.144. The molecule has 0 fully saturated rings. The first-order chi connectivity index (χ1) is 33.9. The van der Waals surface area contributed by atoms with Gasteiger partial charge in [0, 0.05) is 50.3 Å². The van der Waals surface area contributed by atoms with E-state index in [0.29, 0.717) is 11.3 Å². The van der Waals surface area contributed by atoms with Gasteiger partial charge in [-0.05, 0) is 129 Å². The van der Waals surface area contributed by atoms with Gasteiger partial charge in [0.2, 0.25) is 0 Å². The number of rotatable bonds is 9. The van der Waals surface area contributed by atoms with E-state index < -0.39 is 0 Å². The zero-order chi connectivity index (χ0) is 46.6. The number of aromatic nitrogens is 1. The predicted octanol–water partition coefficient (Wildman–Crippen LogP) is 17.4. The van der Waals surface area contributed by atoms with E-state index in [2.05, 4.69) is 155 Å². The zero-order valence-corrected chi connectivity index (χ0v) is 35.4. The molecule has 0 aliphatic carbocycles. The molecule has 3 heteroatoms. The normalized spacial score (nSPS) is 12.2. The van der Waals surface area contributed by atoms with Gasteiger partial charge in [-0.1, -0.05) is 170 Å². The smallest absolute Gasteiger partial charge is 0.0645 e. The number of hydrogen-bond donors (Lipinski definition) is 0. The first-order valence-electron chi connectivity index (χ1n) is 23.9. The lowest BCUT2D eigenvalue weighted by atomic mass is 9.99. The molecular formula is C62H43N3. The van der Waals surface area contributed by atoms with Crippen LogP contribution < -0.4 is 9.80 Å². The molecule has 0 bridgehead atoms. The van der Waals surface area contributed by atoms with Crippen molar-refractivity contribution in [1.82, 2.24) is 4.57 Å². The van der Waals surface area contributed by atoms with Gasteiger partial charge in [0.25, 0.3) is 0 Å². The number of anilines is 6. The molecule has 0 aliphatic heterocycles. The summed E-state index contributed by atoms with van der Waals surface area (Å²) in [6, 6.07) is 80.2. The molecule has 0 aliphatic rings. The third kappa shape index (κ3) is 6.97. The molecule has 3 nitrogen and oxygen atoms in total. The summed E-state index contributed by atoms with van der Waals surface area (Å²) in [5, 5.41) is 6.37. The van der Waals surface area contributed by atoms with Crippen LogP contribution in [0.1, 0.15) is 5.48 Å². The van der Waals surface area contributed by atoms with Crippen LogP contribution in [0.3, 0.4) is 0 Å². The summed E-state index contributed by atoms with van der Waals surface area (Å²) in [7, 11) is 0. The summed E-state index contributed by atoms with van der Waals surface area (Å²) < 4.78 is 40.7. The molecule has 1 aromatic heterocycles. The molecule has 65 heavy (non-hydrogen) atoms. The van der Waals surface area contributed by atoms with Crippen LogP contribution in [0.15, 0.2) is 261 Å². The van der Waals surface area contributed by atoms with Crippen molar-refractivity contribution >= 4 is 77.5 Å². The van der Waals surface area contributed by atoms with Gasteiger partial charge in [-0.15, -0.1) is 0 Å². The first kappa shape index (κ1) is 33.9. The summed E-state index contributed by atoms with van der Waals surface area (Å²) in [6.45, 7) is 0. The molecule has 0 spiro atoms. The Morgan fingerprint density at radius 2 is 0.862 bits per heavy atom. The third-order valence-electron chi connectivity index (χ3n) is 12.4. The van der Waals surface area contributed by atoms with E-state index in [1.54, 1.807) is 0 Å². The maximum absolute atomic E-state index is 9.67. The summed E-state index contributed by atoms with van der Waals surface area (Å²) in [5.41, 5.74) is 10.9. The van der Waals surface area contributed by atoms with Crippen LogP contribution >= 0.6 is 0 Å². The average molecular weight is 834 g/mol. The number of nitrogens with zero attached hydrogens (tertiary/aromatic N) is 3. The van der Waals surface area contributed by atoms with Crippen LogP contribution in [0.25, 0.3) is 71.3 Å². The van der Waals surface area contributed by atoms with Crippen molar-refractivity contribution < 1.29 is 5.48 Å². The topological polar surface area (TPSA) is 11.4 Å². The van der Waals surface area contributed by atoms with E-state index in [4.69, 9.17) is 0 Å². The van der Waals surface area contributed by atoms with E-state index in [1.165, 1.54) is 0 Å². The molecule has 11 aromatic carbocycles. The van der Waals surface area contributed by atoms with E-state index in [0.717, 1.165) is 82.9 Å². The van der Waals surface area contributed by atoms with Gasteiger partial charge in [0.15, 0.2) is 0 Å². The number of benzene rings is 11. The van der Waals surface area contributed by atoms with E-state index in [1.807, 2.05) is 95.9 Å². The summed E-state index contributed by atoms with van der Waals surface area (Å²) in [5.74, 6) is 0. The van der Waals surface area contributed by atoms with Gasteiger partial charge < -0.3 is 14.4 Å². The highest BCUT2D eigenvalue weighted by molar-refractivity contribution is 6.10. The molecule has 12 rings (SSSR count). The lowest BCUT2D eigenvalue weighted by molar-refractivity contribution is 1.18. The highest BCUT2D eigenvalue weighted by atomic mass is 15.1. The summed E-state index contributed by atoms with van der Waals surface area (Å²) in [6.07, 6.45) is 0. The minimum atomic E-state index is -0.127. The molecule has 12 aromatic rings. The van der Waals surface area contributed by atoms with Crippen molar-refractivity contribution in [2.45, 2.75) is 0 Å². The number of para-hydroxylation sites is 3. The highest BCUT2D eigenvalue weighted by Crippen LogP contribution is 2.43. The zero-order valence-electron chi connectivity index (χ0n) is 39.4. The maximum atomic E-state index is 9.67. The Labute approximate surface area is 384 Å². The second kappa shape index (κ2) is 16.2. The molecule has 1 heterocycles. The molecule has 0 unspecified atom stereocenters. The molecule has 0 radical (unpaired) electrons. The van der Waals surface area contributed by atoms with Crippen molar-refractivity contribution in [2.24, 2.45) is 0 Å². The largest absolute Gasteiger partial charge is 0.310 e. The molecule has 0 saturated carbocycles. The van der Waals surface area contributed by atoms with Gasteiger partial charge in [-0.3, -0.25) is 0 Å². The van der Waals surface area contributed by atoms with Crippen LogP contribution in [0, 0.1) is 0 Å². The van der Waals surface area contributed by atoms with Gasteiger partial charge in [0.05, 0.1) is 22.2 Å². The molecule has 0 N–H and O–H groups in total. The van der Waals surface area contributed by atoms with E-state index in [-0.39, 0.29) is 35.4 Å². The summed E-state index contributed by atoms with van der Waals surface area (Å²) >= 11 is 0. The predicted molar refractivity (Wildman–Crippen MR) is 276 cm³/mol. The van der Waals surface area contributed by atoms with Gasteiger partial charge in [-0.2, -0.15) is 0 Å². The van der Waals surface area contributed by atoms with E-state index >= 15 is 0 Å². The third-order valence-corrected chi connectivity index (χ3v) is 12.4. The number of fused-ring (bicyclic) bond motifs is 5. The minimum Gasteiger partial charge on any atom is -0.310 e. The fourth-order valence-corrected chi connectivity index (χ4v) is 9.31. The van der Waals surface area contributed by atoms with Crippen molar-refractivity contribution in [3.05, 3.63) is 261 Å². The minimum absolute atomic E-state index is 0.109. The standard InChI is InChI=1S/C62H43N3/c1-4-16-44(17-5-1)47-20-14-25-54(41-47)64(60-29-15-19-46-18-10-11-26-57(46)60)55-37-34-49-40-48(30-31-50(49)42-55)45-32-35-53(36-33-45)63(51-21-6-2-7-22-51)56-38-39-59-58-27-12-13-28-61(58)65(62(59)43-56)52-23-8-3-9-24-52/h1-43H/i32D,33D,35D,36D. The van der Waals surface area contributed by atoms with Crippen molar-refractivity contribution in [2.75, 3.05) is 9.80 Å². The van der Waals surface area contributed by atoms with Crippen LogP contribution in [-0.4, -0.2) is 4.57 Å². The molecule has 306 valence electrons. The Kier molecular flexibility index (Phi) is 8.47. The Morgan fingerprint density at radius 3 is 1.69 bits per heavy atom. The molecule has 0 saturated heterocycles. The molecular weight excluding hydrogens is 787 g/mol. The monoisotopic (exact) mass is 833 g/mol. The van der Waals surface area contributed by atoms with Gasteiger partial charge >= 0.3 is 0 Å². The second-order valence-corrected chi connectivity index (χ2v) is 16.3. The van der Waals surface area contributed by atoms with Crippen LogP contribution in [-0.2, 0) is 0 Å². The lowest BCUT2D eigenvalue weighted by Gasteiger charge is -2.27. The van der Waals surface area contributed by atoms with Crippen LogP contribution in [0.2, 0.25) is 0 Å². The summed E-state index contributed by atoms with van der Waals surface area (Å²) in [4.78, 5) is 4.16. The Bertz CT molecular complexity index is 3870. The first-order valence-corrected chi connectivity index (χ1v) is 21.9. The van der Waals surface area contributed by atoms with Crippen molar-refractivity contribution in [1.29, 1.82) is 0 Å². The van der Waals surface area contributed by atoms with Crippen LogP contribution in [0.4, 0.5) is 34.1 Å². The molecule has 0 amide bonds. The highest BCUT2D eigenvalue weighted by Gasteiger charge is 2.19. The Morgan fingerprint density at radius 1 is 0.292 bits per heavy atom. The van der Waals surface area contributed by atoms with E-state index in [9.17, 15) is 5.48 Å². The fourth-order valence-electron chi connectivity index (χ4n) is 9.31. The fraction of sp³-hybridized carbons (Fsp3) is 0. The van der Waals surface area contributed by atoms with Gasteiger partial charge in [0.1, 0.15) is 0 Å². The number of hydrogen-bond acceptors (Lipinski definition) is 2.